The van der Waals surface area contributed by atoms with Crippen molar-refractivity contribution in [1.82, 2.24) is 19.8 Å². The number of nitrogens with zero attached hydrogens (tertiary/aromatic N) is 4. The largest absolute Gasteiger partial charge is 0.494 e. The van der Waals surface area contributed by atoms with Crippen LogP contribution in [0.5, 0.6) is 5.75 Å². The van der Waals surface area contributed by atoms with Crippen LogP contribution in [0, 0.1) is 13.8 Å². The minimum Gasteiger partial charge on any atom is -0.494 e. The summed E-state index contributed by atoms with van der Waals surface area (Å²) in [6.07, 6.45) is 1.07. The van der Waals surface area contributed by atoms with E-state index in [1.807, 2.05) is 74.5 Å². The molecule has 0 aliphatic heterocycles. The predicted molar refractivity (Wildman–Crippen MR) is 124 cm³/mol. The Hall–Kier alpha value is -3.94. The molecular formula is C24H26N6O2. The molecule has 8 nitrogen and oxygen atoms in total. The van der Waals surface area contributed by atoms with Gasteiger partial charge in [-0.15, -0.1) is 15.3 Å². The topological polar surface area (TPSA) is 93.4 Å². The van der Waals surface area contributed by atoms with Gasteiger partial charge >= 0.3 is 0 Å². The summed E-state index contributed by atoms with van der Waals surface area (Å²) in [5, 5.41) is 18.7. The lowest BCUT2D eigenvalue weighted by Gasteiger charge is -2.09. The van der Waals surface area contributed by atoms with E-state index in [-0.39, 0.29) is 5.91 Å². The average molecular weight is 431 g/mol. The number of benzene rings is 2. The average Bonchev–Trinajstić information content (AvgIpc) is 3.17. The van der Waals surface area contributed by atoms with Crippen LogP contribution in [-0.4, -0.2) is 32.3 Å². The highest BCUT2D eigenvalue weighted by Gasteiger charge is 2.05. The first kappa shape index (κ1) is 21.3. The molecular weight excluding hydrogens is 404 g/mol. The number of nitrogens with one attached hydrogen (secondary N) is 2. The summed E-state index contributed by atoms with van der Waals surface area (Å²) in [6, 6.07) is 19.4. The fourth-order valence-electron chi connectivity index (χ4n) is 3.17. The second-order valence-corrected chi connectivity index (χ2v) is 7.60. The summed E-state index contributed by atoms with van der Waals surface area (Å²) in [5.41, 5.74) is 3.77. The monoisotopic (exact) mass is 430 g/mol. The third-order valence-electron chi connectivity index (χ3n) is 4.97. The van der Waals surface area contributed by atoms with Gasteiger partial charge in [-0.25, -0.2) is 0 Å². The number of amides is 1. The molecule has 0 spiro atoms. The zero-order chi connectivity index (χ0) is 22.3. The second kappa shape index (κ2) is 9.91. The molecule has 0 saturated carbocycles. The number of carbonyl (C=O) groups excluding carboxylic acids is 1. The maximum Gasteiger partial charge on any atom is 0.224 e. The standard InChI is InChI=1S/C24H26N6O2/c1-17-5-11-21(12-6-17)32-15-3-4-24(31)26-20-9-7-19(8-10-20)16-25-22-13-14-23-28-27-18(2)30(23)29-22/h5-14H,3-4,15-16H2,1-2H3,(H,25,29)(H,26,31). The Morgan fingerprint density at radius 1 is 0.969 bits per heavy atom. The van der Waals surface area contributed by atoms with E-state index < -0.39 is 0 Å². The number of carbonyl (C=O) groups is 1. The van der Waals surface area contributed by atoms with Gasteiger partial charge in [-0.1, -0.05) is 29.8 Å². The van der Waals surface area contributed by atoms with E-state index in [0.717, 1.165) is 34.3 Å². The van der Waals surface area contributed by atoms with Crippen LogP contribution in [0.15, 0.2) is 60.7 Å². The van der Waals surface area contributed by atoms with Crippen molar-refractivity contribution in [2.45, 2.75) is 33.2 Å². The Bertz CT molecular complexity index is 1190. The predicted octanol–water partition coefficient (Wildman–Crippen LogP) is 4.15. The maximum absolute atomic E-state index is 12.2. The molecule has 2 aromatic carbocycles. The molecule has 32 heavy (non-hydrogen) atoms. The quantitative estimate of drug-likeness (QED) is 0.388. The Morgan fingerprint density at radius 3 is 2.53 bits per heavy atom. The van der Waals surface area contributed by atoms with Crippen molar-refractivity contribution < 1.29 is 9.53 Å². The van der Waals surface area contributed by atoms with E-state index in [0.29, 0.717) is 26.0 Å². The molecule has 8 heteroatoms. The molecule has 2 aromatic heterocycles. The number of aryl methyl sites for hydroxylation is 2. The summed E-state index contributed by atoms with van der Waals surface area (Å²) in [4.78, 5) is 12.2. The van der Waals surface area contributed by atoms with Gasteiger partial charge in [0.1, 0.15) is 11.6 Å². The van der Waals surface area contributed by atoms with Crippen LogP contribution in [-0.2, 0) is 11.3 Å². The van der Waals surface area contributed by atoms with Crippen LogP contribution >= 0.6 is 0 Å². The Kier molecular flexibility index (Phi) is 6.60. The highest BCUT2D eigenvalue weighted by atomic mass is 16.5. The van der Waals surface area contributed by atoms with E-state index in [1.54, 1.807) is 4.52 Å². The summed E-state index contributed by atoms with van der Waals surface area (Å²) in [5.74, 6) is 2.29. The van der Waals surface area contributed by atoms with Gasteiger partial charge < -0.3 is 15.4 Å². The number of aromatic nitrogens is 4. The van der Waals surface area contributed by atoms with Crippen molar-refractivity contribution >= 4 is 23.1 Å². The summed E-state index contributed by atoms with van der Waals surface area (Å²) in [7, 11) is 0. The first-order valence-corrected chi connectivity index (χ1v) is 10.6. The van der Waals surface area contributed by atoms with Crippen LogP contribution in [0.2, 0.25) is 0 Å². The number of hydrogen-bond acceptors (Lipinski definition) is 6. The molecule has 1 amide bonds. The third kappa shape index (κ3) is 5.60. The fourth-order valence-corrected chi connectivity index (χ4v) is 3.17. The normalized spacial score (nSPS) is 10.8. The highest BCUT2D eigenvalue weighted by Crippen LogP contribution is 2.14. The van der Waals surface area contributed by atoms with Gasteiger partial charge in [-0.3, -0.25) is 4.79 Å². The summed E-state index contributed by atoms with van der Waals surface area (Å²) >= 11 is 0. The number of fused-ring (bicyclic) bond motifs is 1. The minimum absolute atomic E-state index is 0.0230. The molecule has 0 fully saturated rings. The molecule has 0 aliphatic rings. The Labute approximate surface area is 186 Å². The molecule has 0 aliphatic carbocycles. The first-order chi connectivity index (χ1) is 15.6. The number of anilines is 2. The van der Waals surface area contributed by atoms with E-state index >= 15 is 0 Å². The van der Waals surface area contributed by atoms with Gasteiger partial charge in [-0.2, -0.15) is 4.52 Å². The van der Waals surface area contributed by atoms with Crippen molar-refractivity contribution in [3.63, 3.8) is 0 Å². The molecule has 0 saturated heterocycles. The minimum atomic E-state index is -0.0230. The molecule has 164 valence electrons. The molecule has 0 atom stereocenters. The highest BCUT2D eigenvalue weighted by molar-refractivity contribution is 5.90. The van der Waals surface area contributed by atoms with Crippen molar-refractivity contribution in [2.24, 2.45) is 0 Å². The summed E-state index contributed by atoms with van der Waals surface area (Å²) in [6.45, 7) is 5.02. The van der Waals surface area contributed by atoms with Crippen molar-refractivity contribution in [3.05, 3.63) is 77.6 Å². The molecule has 0 unspecified atom stereocenters. The Balaban J connectivity index is 1.20. The van der Waals surface area contributed by atoms with Crippen molar-refractivity contribution in [2.75, 3.05) is 17.2 Å². The van der Waals surface area contributed by atoms with E-state index in [2.05, 4.69) is 25.9 Å². The van der Waals surface area contributed by atoms with Gasteiger partial charge in [-0.05, 0) is 62.2 Å². The van der Waals surface area contributed by atoms with E-state index in [9.17, 15) is 4.79 Å². The van der Waals surface area contributed by atoms with Crippen LogP contribution in [0.3, 0.4) is 0 Å². The lowest BCUT2D eigenvalue weighted by atomic mass is 10.2. The van der Waals surface area contributed by atoms with Crippen LogP contribution < -0.4 is 15.4 Å². The maximum atomic E-state index is 12.2. The van der Waals surface area contributed by atoms with Crippen LogP contribution in [0.4, 0.5) is 11.5 Å². The number of rotatable bonds is 9. The molecule has 0 radical (unpaired) electrons. The number of ether oxygens (including phenoxy) is 1. The molecule has 2 N–H and O–H groups in total. The van der Waals surface area contributed by atoms with Crippen molar-refractivity contribution in [1.29, 1.82) is 0 Å². The van der Waals surface area contributed by atoms with Crippen molar-refractivity contribution in [3.8, 4) is 5.75 Å². The van der Waals surface area contributed by atoms with E-state index in [4.69, 9.17) is 4.74 Å². The lowest BCUT2D eigenvalue weighted by Crippen LogP contribution is -2.13. The van der Waals surface area contributed by atoms with Gasteiger partial charge in [0.2, 0.25) is 5.91 Å². The lowest BCUT2D eigenvalue weighted by molar-refractivity contribution is -0.116. The molecule has 4 rings (SSSR count). The van der Waals surface area contributed by atoms with Crippen LogP contribution in [0.1, 0.15) is 29.8 Å². The zero-order valence-electron chi connectivity index (χ0n) is 18.2. The second-order valence-electron chi connectivity index (χ2n) is 7.60. The SMILES string of the molecule is Cc1ccc(OCCCC(=O)Nc2ccc(CNc3ccc4nnc(C)n4n3)cc2)cc1. The Morgan fingerprint density at radius 2 is 1.75 bits per heavy atom. The third-order valence-corrected chi connectivity index (χ3v) is 4.97. The molecule has 4 aromatic rings. The van der Waals surface area contributed by atoms with Gasteiger partial charge in [0.05, 0.1) is 6.61 Å². The summed E-state index contributed by atoms with van der Waals surface area (Å²) < 4.78 is 7.37. The fraction of sp³-hybridized carbons (Fsp3) is 0.250. The van der Waals surface area contributed by atoms with Crippen LogP contribution in [0.25, 0.3) is 5.65 Å². The number of hydrogen-bond donors (Lipinski definition) is 2. The molecule has 0 bridgehead atoms. The smallest absolute Gasteiger partial charge is 0.224 e. The van der Waals surface area contributed by atoms with Gasteiger partial charge in [0.15, 0.2) is 11.5 Å². The first-order valence-electron chi connectivity index (χ1n) is 10.6. The zero-order valence-corrected chi connectivity index (χ0v) is 18.2. The molecule has 2 heterocycles. The van der Waals surface area contributed by atoms with Gasteiger partial charge in [0, 0.05) is 18.7 Å². The van der Waals surface area contributed by atoms with E-state index in [1.165, 1.54) is 5.56 Å². The van der Waals surface area contributed by atoms with Gasteiger partial charge in [0.25, 0.3) is 0 Å².